The van der Waals surface area contributed by atoms with E-state index in [2.05, 4.69) is 20.8 Å². The number of hydrogen-bond acceptors (Lipinski definition) is 8. The van der Waals surface area contributed by atoms with Crippen LogP contribution in [0.5, 0.6) is 0 Å². The van der Waals surface area contributed by atoms with E-state index < -0.39 is 24.3 Å². The molecule has 0 spiro atoms. The molecular weight excluding hydrogens is 596 g/mol. The summed E-state index contributed by atoms with van der Waals surface area (Å²) in [5, 5.41) is 30.5. The molecule has 0 amide bonds. The summed E-state index contributed by atoms with van der Waals surface area (Å²) in [6, 6.07) is 0. The Morgan fingerprint density at radius 2 is 1.34 bits per heavy atom. The van der Waals surface area contributed by atoms with Crippen LogP contribution in [0.1, 0.15) is 156 Å². The third-order valence-electron chi connectivity index (χ3n) is 8.99. The van der Waals surface area contributed by atoms with Crippen LogP contribution in [0.3, 0.4) is 0 Å². The maximum atomic E-state index is 12.4. The maximum Gasteiger partial charge on any atom is 0.305 e. The molecule has 1 fully saturated rings. The van der Waals surface area contributed by atoms with Gasteiger partial charge in [0.05, 0.1) is 12.2 Å². The Hall–Kier alpha value is -2.03. The molecule has 3 N–H and O–H groups in total. The summed E-state index contributed by atoms with van der Waals surface area (Å²) in [4.78, 5) is 36.4. The van der Waals surface area contributed by atoms with Crippen molar-refractivity contribution in [3.63, 3.8) is 0 Å². The molecule has 0 aliphatic heterocycles. The van der Waals surface area contributed by atoms with Crippen molar-refractivity contribution in [1.82, 2.24) is 0 Å². The summed E-state index contributed by atoms with van der Waals surface area (Å²) < 4.78 is 10.3. The zero-order valence-corrected chi connectivity index (χ0v) is 29.9. The Kier molecular flexibility index (Phi) is 25.5. The first-order valence-electron chi connectivity index (χ1n) is 18.8. The second-order valence-corrected chi connectivity index (χ2v) is 14.0. The lowest BCUT2D eigenvalue weighted by molar-refractivity contribution is -0.152. The molecule has 272 valence electrons. The normalized spacial score (nSPS) is 19.6. The average molecular weight is 665 g/mol. The minimum atomic E-state index is -1.05. The van der Waals surface area contributed by atoms with Crippen LogP contribution >= 0.6 is 0 Å². The highest BCUT2D eigenvalue weighted by Gasteiger charge is 2.39. The molecule has 0 radical (unpaired) electrons. The van der Waals surface area contributed by atoms with Crippen LogP contribution in [0, 0.1) is 17.8 Å². The van der Waals surface area contributed by atoms with E-state index in [0.29, 0.717) is 32.1 Å². The molecule has 0 aromatic heterocycles. The Morgan fingerprint density at radius 1 is 0.787 bits per heavy atom. The highest BCUT2D eigenvalue weighted by Crippen LogP contribution is 2.33. The predicted molar refractivity (Wildman–Crippen MR) is 188 cm³/mol. The third-order valence-corrected chi connectivity index (χ3v) is 8.99. The smallest absolute Gasteiger partial charge is 0.305 e. The Bertz CT molecular complexity index is 882. The molecule has 0 aromatic rings. The molecule has 0 heterocycles. The number of Topliss-reactive ketones (excluding diaryl/α,β-unsaturated/α-hetero) is 1. The maximum absolute atomic E-state index is 12.4. The van der Waals surface area contributed by atoms with Crippen molar-refractivity contribution >= 4 is 17.7 Å². The molecular formula is C39H68O8. The van der Waals surface area contributed by atoms with Crippen LogP contribution in [-0.4, -0.2) is 64.6 Å². The number of ether oxygens (including phenoxy) is 2. The van der Waals surface area contributed by atoms with E-state index >= 15 is 0 Å². The molecule has 1 aliphatic rings. The van der Waals surface area contributed by atoms with E-state index in [1.54, 1.807) is 12.2 Å². The predicted octanol–water partition coefficient (Wildman–Crippen LogP) is 7.95. The van der Waals surface area contributed by atoms with Gasteiger partial charge in [0.25, 0.3) is 0 Å². The van der Waals surface area contributed by atoms with Crippen LogP contribution in [0.25, 0.3) is 0 Å². The number of carbonyl (C=O) groups is 3. The van der Waals surface area contributed by atoms with Crippen LogP contribution in [-0.2, 0) is 23.9 Å². The number of rotatable bonds is 29. The summed E-state index contributed by atoms with van der Waals surface area (Å²) in [5.74, 6) is -0.526. The van der Waals surface area contributed by atoms with Crippen molar-refractivity contribution in [2.75, 3.05) is 13.2 Å². The van der Waals surface area contributed by atoms with Gasteiger partial charge in [0.15, 0.2) is 0 Å². The molecule has 5 atom stereocenters. The number of hydrogen-bond donors (Lipinski definition) is 3. The summed E-state index contributed by atoms with van der Waals surface area (Å²) in [6.07, 6.45) is 24.5. The Morgan fingerprint density at radius 3 is 1.94 bits per heavy atom. The first kappa shape index (κ1) is 43.0. The number of aliphatic hydroxyl groups excluding tert-OH is 3. The average Bonchev–Trinajstić information content (AvgIpc) is 3.30. The first-order chi connectivity index (χ1) is 22.6. The van der Waals surface area contributed by atoms with Gasteiger partial charge in [-0.25, -0.2) is 0 Å². The van der Waals surface area contributed by atoms with Gasteiger partial charge in [-0.1, -0.05) is 129 Å². The van der Waals surface area contributed by atoms with Gasteiger partial charge >= 0.3 is 11.9 Å². The Balaban J connectivity index is 2.07. The zero-order chi connectivity index (χ0) is 34.7. The van der Waals surface area contributed by atoms with E-state index in [9.17, 15) is 29.7 Å². The molecule has 0 saturated heterocycles. The molecule has 47 heavy (non-hydrogen) atoms. The summed E-state index contributed by atoms with van der Waals surface area (Å²) >= 11 is 0. The number of aliphatic hydroxyl groups is 3. The largest absolute Gasteiger partial charge is 0.463 e. The van der Waals surface area contributed by atoms with Crippen molar-refractivity contribution in [3.05, 3.63) is 24.3 Å². The highest BCUT2D eigenvalue weighted by atomic mass is 16.6. The van der Waals surface area contributed by atoms with Crippen molar-refractivity contribution in [2.45, 2.75) is 174 Å². The molecule has 1 saturated carbocycles. The molecule has 0 unspecified atom stereocenters. The fraction of sp³-hybridized carbons (Fsp3) is 0.821. The minimum Gasteiger partial charge on any atom is -0.463 e. The molecule has 8 heteroatoms. The zero-order valence-electron chi connectivity index (χ0n) is 29.9. The molecule has 1 aliphatic carbocycles. The summed E-state index contributed by atoms with van der Waals surface area (Å²) in [7, 11) is 0. The second kappa shape index (κ2) is 27.9. The third kappa shape index (κ3) is 23.0. The van der Waals surface area contributed by atoms with Crippen LogP contribution in [0.2, 0.25) is 0 Å². The lowest BCUT2D eigenvalue weighted by Gasteiger charge is -2.16. The SMILES string of the molecule is CCCCC[C@H](O)/C=C/[C@H]1[C@H](O)CC(=O)[C@@H]1C/C=C\CCCC(=O)OC[C@@H](O)COC(=O)CCCCCCCCCCCCC(C)C. The van der Waals surface area contributed by atoms with Crippen LogP contribution in [0.15, 0.2) is 24.3 Å². The fourth-order valence-corrected chi connectivity index (χ4v) is 6.02. The van der Waals surface area contributed by atoms with E-state index in [1.807, 2.05) is 12.2 Å². The van der Waals surface area contributed by atoms with E-state index in [0.717, 1.165) is 44.4 Å². The van der Waals surface area contributed by atoms with Crippen molar-refractivity contribution in [3.8, 4) is 0 Å². The first-order valence-corrected chi connectivity index (χ1v) is 18.8. The number of carbonyl (C=O) groups excluding carboxylic acids is 3. The molecule has 8 nitrogen and oxygen atoms in total. The number of unbranched alkanes of at least 4 members (excludes halogenated alkanes) is 12. The van der Waals surface area contributed by atoms with Gasteiger partial charge in [0.1, 0.15) is 25.1 Å². The standard InChI is InChI=1S/C39H68O8/c1-4-5-16-22-32(40)26-27-35-34(36(42)28-37(35)43)23-18-14-15-20-25-39(45)47-30-33(41)29-46-38(44)24-19-13-11-9-7-6-8-10-12-17-21-31(2)3/h14,18,26-27,31-35,37,40-41,43H,4-13,15-17,19-25,28-30H2,1-3H3/b18-14-,27-26+/t32-,33-,34+,35+,37+/m0/s1. The van der Waals surface area contributed by atoms with E-state index in [1.165, 1.54) is 51.4 Å². The van der Waals surface area contributed by atoms with E-state index in [4.69, 9.17) is 9.47 Å². The Labute approximate surface area is 285 Å². The summed E-state index contributed by atoms with van der Waals surface area (Å²) in [6.45, 7) is 6.28. The van der Waals surface area contributed by atoms with Gasteiger partial charge in [-0.05, 0) is 38.0 Å². The van der Waals surface area contributed by atoms with Crippen LogP contribution < -0.4 is 0 Å². The quantitative estimate of drug-likeness (QED) is 0.0417. The lowest BCUT2D eigenvalue weighted by atomic mass is 9.90. The van der Waals surface area contributed by atoms with Crippen molar-refractivity contribution in [2.24, 2.45) is 17.8 Å². The second-order valence-electron chi connectivity index (χ2n) is 14.0. The van der Waals surface area contributed by atoms with Gasteiger partial charge in [-0.3, -0.25) is 14.4 Å². The number of allylic oxidation sites excluding steroid dienone is 2. The number of esters is 2. The topological polar surface area (TPSA) is 130 Å². The lowest BCUT2D eigenvalue weighted by Crippen LogP contribution is -2.25. The highest BCUT2D eigenvalue weighted by molar-refractivity contribution is 5.84. The van der Waals surface area contributed by atoms with Crippen molar-refractivity contribution in [1.29, 1.82) is 0 Å². The molecule has 0 aromatic carbocycles. The van der Waals surface area contributed by atoms with Gasteiger partial charge in [-0.2, -0.15) is 0 Å². The molecule has 0 bridgehead atoms. The van der Waals surface area contributed by atoms with Gasteiger partial charge in [0, 0.05) is 31.1 Å². The van der Waals surface area contributed by atoms with Crippen LogP contribution in [0.4, 0.5) is 0 Å². The van der Waals surface area contributed by atoms with Gasteiger partial charge in [0.2, 0.25) is 0 Å². The van der Waals surface area contributed by atoms with Gasteiger partial charge in [-0.15, -0.1) is 0 Å². The fourth-order valence-electron chi connectivity index (χ4n) is 6.02. The molecule has 1 rings (SSSR count). The van der Waals surface area contributed by atoms with Gasteiger partial charge < -0.3 is 24.8 Å². The van der Waals surface area contributed by atoms with Crippen molar-refractivity contribution < 1.29 is 39.2 Å². The van der Waals surface area contributed by atoms with E-state index in [-0.39, 0.29) is 49.6 Å². The summed E-state index contributed by atoms with van der Waals surface area (Å²) in [5.41, 5.74) is 0. The number of ketones is 1. The monoisotopic (exact) mass is 664 g/mol. The minimum absolute atomic E-state index is 0.0317.